The van der Waals surface area contributed by atoms with Crippen LogP contribution in [-0.2, 0) is 33.2 Å². The fraction of sp³-hybridized carbons (Fsp3) is 0.956. The van der Waals surface area contributed by atoms with Crippen LogP contribution in [0, 0.1) is 46.3 Å². The Morgan fingerprint density at radius 3 is 1.87 bits per heavy atom. The van der Waals surface area contributed by atoms with E-state index in [-0.39, 0.29) is 35.6 Å². The summed E-state index contributed by atoms with van der Waals surface area (Å²) in [5.74, 6) is 3.56. The number of fused-ring (bicyclic) bond motifs is 7. The van der Waals surface area contributed by atoms with Crippen molar-refractivity contribution in [3.05, 3.63) is 11.3 Å². The summed E-state index contributed by atoms with van der Waals surface area (Å²) in [6.07, 6.45) is -12.1. The molecule has 18 nitrogen and oxygen atoms in total. The maximum absolute atomic E-state index is 11.2. The van der Waals surface area contributed by atoms with Crippen LogP contribution >= 0.6 is 0 Å². The monoisotopic (exact) mass is 902 g/mol. The summed E-state index contributed by atoms with van der Waals surface area (Å²) in [7, 11) is 0. The topological polar surface area (TPSA) is 287 Å². The van der Waals surface area contributed by atoms with E-state index < -0.39 is 112 Å². The molecule has 0 spiro atoms. The predicted molar refractivity (Wildman–Crippen MR) is 218 cm³/mol. The molecule has 362 valence electrons. The normalized spacial score (nSPS) is 52.7. The van der Waals surface area contributed by atoms with Crippen LogP contribution in [-0.4, -0.2) is 187 Å². The molecule has 0 bridgehead atoms. The maximum atomic E-state index is 11.2. The summed E-state index contributed by atoms with van der Waals surface area (Å²) in [5.41, 5.74) is 1.57. The van der Waals surface area contributed by atoms with E-state index in [1.54, 1.807) is 0 Å². The van der Waals surface area contributed by atoms with Gasteiger partial charge in [0, 0.05) is 12.3 Å². The Hall–Kier alpha value is -1.14. The predicted octanol–water partition coefficient (Wildman–Crippen LogP) is -0.830. The van der Waals surface area contributed by atoms with Gasteiger partial charge in [0.15, 0.2) is 18.9 Å². The molecule has 3 saturated heterocycles. The number of aliphatic hydroxyl groups is 11. The summed E-state index contributed by atoms with van der Waals surface area (Å²) in [6.45, 7) is 7.74. The van der Waals surface area contributed by atoms with Crippen LogP contribution in [0.5, 0.6) is 0 Å². The summed E-state index contributed by atoms with van der Waals surface area (Å²) in [4.78, 5) is 0. The zero-order chi connectivity index (χ0) is 45.3. The Balaban J connectivity index is 0.872. The Bertz CT molecular complexity index is 1580. The molecule has 4 aliphatic carbocycles. The van der Waals surface area contributed by atoms with E-state index in [2.05, 4.69) is 27.7 Å². The molecule has 10 unspecified atom stereocenters. The fourth-order valence-electron chi connectivity index (χ4n) is 13.7. The highest BCUT2D eigenvalue weighted by molar-refractivity contribution is 5.26. The number of rotatable bonds is 13. The van der Waals surface area contributed by atoms with Crippen LogP contribution in [0.25, 0.3) is 0 Å². The lowest BCUT2D eigenvalue weighted by Gasteiger charge is -2.61. The highest BCUT2D eigenvalue weighted by atomic mass is 16.8. The van der Waals surface area contributed by atoms with Gasteiger partial charge in [0.25, 0.3) is 0 Å². The number of ether oxygens (including phenoxy) is 7. The van der Waals surface area contributed by atoms with Crippen LogP contribution in [0.3, 0.4) is 0 Å². The zero-order valence-electron chi connectivity index (χ0n) is 37.0. The van der Waals surface area contributed by atoms with Gasteiger partial charge in [-0.2, -0.15) is 0 Å². The number of hydrogen-bond donors (Lipinski definition) is 11. The third-order valence-corrected chi connectivity index (χ3v) is 17.4. The van der Waals surface area contributed by atoms with Crippen molar-refractivity contribution < 1.29 is 89.3 Å². The van der Waals surface area contributed by atoms with Crippen LogP contribution in [0.4, 0.5) is 0 Å². The van der Waals surface area contributed by atoms with Gasteiger partial charge in [-0.05, 0) is 111 Å². The minimum absolute atomic E-state index is 0.0928. The van der Waals surface area contributed by atoms with E-state index in [0.29, 0.717) is 29.6 Å². The third kappa shape index (κ3) is 8.68. The van der Waals surface area contributed by atoms with Gasteiger partial charge in [0.2, 0.25) is 0 Å². The third-order valence-electron chi connectivity index (χ3n) is 17.4. The largest absolute Gasteiger partial charge is 0.494 e. The number of allylic oxidation sites excluding steroid dienone is 1. The number of aliphatic hydroxyl groups excluding tert-OH is 11. The Kier molecular flexibility index (Phi) is 14.6. The van der Waals surface area contributed by atoms with Crippen molar-refractivity contribution in [2.45, 2.75) is 196 Å². The summed E-state index contributed by atoms with van der Waals surface area (Å²) < 4.78 is 42.2. The van der Waals surface area contributed by atoms with Crippen LogP contribution in [0.1, 0.15) is 91.9 Å². The Morgan fingerprint density at radius 1 is 0.635 bits per heavy atom. The summed E-state index contributed by atoms with van der Waals surface area (Å²) in [5, 5.41) is 113. The molecule has 0 amide bonds. The van der Waals surface area contributed by atoms with Gasteiger partial charge in [0.05, 0.1) is 38.3 Å². The van der Waals surface area contributed by atoms with Crippen LogP contribution in [0.2, 0.25) is 0 Å². The van der Waals surface area contributed by atoms with E-state index in [1.165, 1.54) is 5.57 Å². The molecule has 0 aromatic heterocycles. The molecule has 8 aliphatic rings. The lowest BCUT2D eigenvalue weighted by Crippen LogP contribution is -2.65. The first-order chi connectivity index (χ1) is 29.9. The minimum atomic E-state index is -1.74. The molecule has 11 N–H and O–H groups in total. The quantitative estimate of drug-likeness (QED) is 0.101. The van der Waals surface area contributed by atoms with Crippen molar-refractivity contribution in [3.63, 3.8) is 0 Å². The second kappa shape index (κ2) is 19.1. The Labute approximate surface area is 369 Å². The molecule has 18 heteroatoms. The average molecular weight is 903 g/mol. The average Bonchev–Trinajstić information content (AvgIpc) is 3.76. The van der Waals surface area contributed by atoms with Gasteiger partial charge in [0.1, 0.15) is 79.4 Å². The van der Waals surface area contributed by atoms with E-state index in [9.17, 15) is 56.2 Å². The first kappa shape index (κ1) is 48.3. The Morgan fingerprint density at radius 2 is 1.22 bits per heavy atom. The fourth-order valence-corrected chi connectivity index (χ4v) is 13.7. The maximum Gasteiger partial charge on any atom is 0.187 e. The lowest BCUT2D eigenvalue weighted by molar-refractivity contribution is -0.373. The van der Waals surface area contributed by atoms with Crippen LogP contribution < -0.4 is 0 Å². The molecule has 0 aromatic rings. The van der Waals surface area contributed by atoms with Gasteiger partial charge in [-0.15, -0.1) is 0 Å². The molecule has 4 heterocycles. The molecule has 4 aliphatic heterocycles. The molecule has 7 fully saturated rings. The van der Waals surface area contributed by atoms with Gasteiger partial charge in [-0.1, -0.05) is 20.8 Å². The molecular formula is C45H74O18. The second-order valence-corrected chi connectivity index (χ2v) is 20.9. The van der Waals surface area contributed by atoms with Crippen molar-refractivity contribution in [2.24, 2.45) is 46.3 Å². The number of hydrogen-bond acceptors (Lipinski definition) is 18. The van der Waals surface area contributed by atoms with Crippen molar-refractivity contribution >= 4 is 0 Å². The van der Waals surface area contributed by atoms with Crippen molar-refractivity contribution in [1.82, 2.24) is 0 Å². The molecular weight excluding hydrogens is 828 g/mol. The van der Waals surface area contributed by atoms with Crippen LogP contribution in [0.15, 0.2) is 11.3 Å². The van der Waals surface area contributed by atoms with Crippen molar-refractivity contribution in [2.75, 3.05) is 26.4 Å². The highest BCUT2D eigenvalue weighted by Gasteiger charge is 2.65. The first-order valence-corrected chi connectivity index (χ1v) is 23.5. The van der Waals surface area contributed by atoms with Gasteiger partial charge >= 0.3 is 0 Å². The van der Waals surface area contributed by atoms with Gasteiger partial charge < -0.3 is 89.3 Å². The van der Waals surface area contributed by atoms with Gasteiger partial charge in [-0.25, -0.2) is 0 Å². The summed E-state index contributed by atoms with van der Waals surface area (Å²) in [6, 6.07) is 0. The lowest BCUT2D eigenvalue weighted by atomic mass is 9.44. The van der Waals surface area contributed by atoms with Crippen molar-refractivity contribution in [1.29, 1.82) is 0 Å². The molecule has 4 saturated carbocycles. The van der Waals surface area contributed by atoms with E-state index in [0.717, 1.165) is 70.0 Å². The SMILES string of the molecule is CC1=C(CCC(C)CO[C@@H]2O[C@H](CO)[C@@H](O)[C@H](O)[C@H]2O)OC2CC3C4CCC5CC(O[C@@H]6O[C@H](CO)[C@H](O)[C@H](O)[C@H]6O[C@@H]6O[C@H](CO)[C@@H](O)[C@H](O)[C@H]6O)CCC5(C)C4CCC3(C)C12. The molecule has 0 radical (unpaired) electrons. The molecule has 25 atom stereocenters. The van der Waals surface area contributed by atoms with Gasteiger partial charge in [-0.3, -0.25) is 0 Å². The second-order valence-electron chi connectivity index (χ2n) is 20.9. The van der Waals surface area contributed by atoms with E-state index in [1.807, 2.05) is 0 Å². The molecule has 0 aromatic carbocycles. The summed E-state index contributed by atoms with van der Waals surface area (Å²) >= 11 is 0. The smallest absolute Gasteiger partial charge is 0.187 e. The molecule has 63 heavy (non-hydrogen) atoms. The molecule has 8 rings (SSSR count). The van der Waals surface area contributed by atoms with E-state index >= 15 is 0 Å². The van der Waals surface area contributed by atoms with Crippen molar-refractivity contribution in [3.8, 4) is 0 Å². The standard InChI is InChI=1S/C45H74O18/c1-19(18-57-41-38(55)35(52)32(49)28(15-46)60-41)5-8-26-20(2)31-27(59-26)14-25-23-7-6-21-13-22(9-11-44(21,3)24(23)10-12-45(25,31)4)58-43-40(37(54)34(51)30(17-48)62-43)63-42-39(56)36(53)33(50)29(16-47)61-42/h19,21-25,27-43,46-56H,5-18H2,1-4H3/t19?,21?,22?,23?,24?,25?,27?,28-,29-,30-,31?,32-,33-,34+,35+,36+,37+,38-,39-,40-,41-,42+,43-,44?,45?/m1/s1. The highest BCUT2D eigenvalue weighted by Crippen LogP contribution is 2.70. The first-order valence-electron chi connectivity index (χ1n) is 23.5. The minimum Gasteiger partial charge on any atom is -0.494 e. The van der Waals surface area contributed by atoms with E-state index in [4.69, 9.17) is 33.2 Å². The zero-order valence-corrected chi connectivity index (χ0v) is 37.0.